The fourth-order valence-corrected chi connectivity index (χ4v) is 3.66. The van der Waals surface area contributed by atoms with Crippen LogP contribution in [0.25, 0.3) is 0 Å². The van der Waals surface area contributed by atoms with Crippen molar-refractivity contribution in [1.82, 2.24) is 10.2 Å². The molecular weight excluding hydrogens is 248 g/mol. The Labute approximate surface area is 122 Å². The Morgan fingerprint density at radius 2 is 2.10 bits per heavy atom. The molecule has 0 atom stereocenters. The van der Waals surface area contributed by atoms with Crippen LogP contribution in [-0.4, -0.2) is 31.1 Å². The lowest BCUT2D eigenvalue weighted by atomic mass is 9.73. The van der Waals surface area contributed by atoms with E-state index in [1.54, 1.807) is 6.26 Å². The first-order valence-corrected chi connectivity index (χ1v) is 8.19. The monoisotopic (exact) mass is 276 g/mol. The summed E-state index contributed by atoms with van der Waals surface area (Å²) in [4.78, 5) is 2.48. The minimum Gasteiger partial charge on any atom is -0.472 e. The van der Waals surface area contributed by atoms with Crippen LogP contribution in [-0.2, 0) is 6.54 Å². The van der Waals surface area contributed by atoms with Crippen molar-refractivity contribution in [2.24, 2.45) is 5.41 Å². The smallest absolute Gasteiger partial charge is 0.0947 e. The Kier molecular flexibility index (Phi) is 4.47. The van der Waals surface area contributed by atoms with E-state index in [0.717, 1.165) is 12.6 Å². The molecule has 0 amide bonds. The number of hydrogen-bond donors (Lipinski definition) is 1. The van der Waals surface area contributed by atoms with Gasteiger partial charge in [0.2, 0.25) is 0 Å². The Balaban J connectivity index is 1.56. The van der Waals surface area contributed by atoms with Gasteiger partial charge in [-0.3, -0.25) is 0 Å². The van der Waals surface area contributed by atoms with Crippen molar-refractivity contribution in [1.29, 1.82) is 0 Å². The van der Waals surface area contributed by atoms with Gasteiger partial charge in [-0.1, -0.05) is 19.3 Å². The third-order valence-corrected chi connectivity index (χ3v) is 4.90. The van der Waals surface area contributed by atoms with Gasteiger partial charge in [0, 0.05) is 31.2 Å². The van der Waals surface area contributed by atoms with Gasteiger partial charge in [-0.05, 0) is 44.2 Å². The van der Waals surface area contributed by atoms with Gasteiger partial charge in [-0.25, -0.2) is 0 Å². The average Bonchev–Trinajstić information content (AvgIpc) is 3.15. The van der Waals surface area contributed by atoms with E-state index in [1.807, 2.05) is 6.26 Å². The molecule has 1 heterocycles. The number of furan rings is 1. The second-order valence-corrected chi connectivity index (χ2v) is 7.02. The molecule has 112 valence electrons. The zero-order chi connectivity index (χ0) is 13.8. The van der Waals surface area contributed by atoms with Gasteiger partial charge in [0.15, 0.2) is 0 Å². The van der Waals surface area contributed by atoms with Crippen molar-refractivity contribution in [3.8, 4) is 0 Å². The quantitative estimate of drug-likeness (QED) is 0.827. The second-order valence-electron chi connectivity index (χ2n) is 7.02. The second kappa shape index (κ2) is 6.31. The number of rotatable bonds is 7. The Morgan fingerprint density at radius 1 is 1.30 bits per heavy atom. The highest BCUT2D eigenvalue weighted by Gasteiger charge is 2.34. The van der Waals surface area contributed by atoms with E-state index in [-0.39, 0.29) is 0 Å². The van der Waals surface area contributed by atoms with E-state index < -0.39 is 0 Å². The summed E-state index contributed by atoms with van der Waals surface area (Å²) in [5, 5.41) is 3.79. The van der Waals surface area contributed by atoms with E-state index >= 15 is 0 Å². The lowest BCUT2D eigenvalue weighted by Gasteiger charge is -2.40. The highest BCUT2D eigenvalue weighted by molar-refractivity contribution is 5.05. The maximum Gasteiger partial charge on any atom is 0.0947 e. The zero-order valence-corrected chi connectivity index (χ0v) is 12.7. The van der Waals surface area contributed by atoms with Gasteiger partial charge in [0.25, 0.3) is 0 Å². The first-order chi connectivity index (χ1) is 9.76. The third-order valence-electron chi connectivity index (χ3n) is 4.90. The minimum absolute atomic E-state index is 0.499. The van der Waals surface area contributed by atoms with E-state index in [0.29, 0.717) is 5.41 Å². The standard InChI is InChI=1S/C17H28N2O/c1-19(11-15-7-10-20-12-15)14-17(8-3-2-4-9-17)13-18-16-5-6-16/h7,10,12,16,18H,2-6,8-9,11,13-14H2,1H3. The van der Waals surface area contributed by atoms with Crippen molar-refractivity contribution < 1.29 is 4.42 Å². The van der Waals surface area contributed by atoms with Crippen molar-refractivity contribution in [2.45, 2.75) is 57.5 Å². The highest BCUT2D eigenvalue weighted by atomic mass is 16.3. The molecule has 0 radical (unpaired) electrons. The van der Waals surface area contributed by atoms with Crippen LogP contribution in [0.2, 0.25) is 0 Å². The molecule has 0 aromatic carbocycles. The van der Waals surface area contributed by atoms with Gasteiger partial charge in [-0.15, -0.1) is 0 Å². The summed E-state index contributed by atoms with van der Waals surface area (Å²) in [6.07, 6.45) is 13.4. The summed E-state index contributed by atoms with van der Waals surface area (Å²) >= 11 is 0. The first kappa shape index (κ1) is 14.2. The molecule has 0 saturated heterocycles. The lowest BCUT2D eigenvalue weighted by molar-refractivity contribution is 0.113. The molecule has 2 aliphatic rings. The molecule has 1 aromatic heterocycles. The van der Waals surface area contributed by atoms with Gasteiger partial charge < -0.3 is 14.6 Å². The van der Waals surface area contributed by atoms with E-state index in [4.69, 9.17) is 4.42 Å². The maximum atomic E-state index is 5.18. The van der Waals surface area contributed by atoms with E-state index in [1.165, 1.54) is 63.6 Å². The summed E-state index contributed by atoms with van der Waals surface area (Å²) in [7, 11) is 2.25. The summed E-state index contributed by atoms with van der Waals surface area (Å²) < 4.78 is 5.18. The summed E-state index contributed by atoms with van der Waals surface area (Å²) in [6, 6.07) is 2.90. The van der Waals surface area contributed by atoms with Crippen LogP contribution in [0.15, 0.2) is 23.0 Å². The fourth-order valence-electron chi connectivity index (χ4n) is 3.66. The predicted molar refractivity (Wildman–Crippen MR) is 81.6 cm³/mol. The number of nitrogens with one attached hydrogen (secondary N) is 1. The number of hydrogen-bond acceptors (Lipinski definition) is 3. The van der Waals surface area contributed by atoms with Crippen molar-refractivity contribution >= 4 is 0 Å². The molecular formula is C17H28N2O. The van der Waals surface area contributed by atoms with Crippen LogP contribution >= 0.6 is 0 Å². The van der Waals surface area contributed by atoms with Gasteiger partial charge in [-0.2, -0.15) is 0 Å². The highest BCUT2D eigenvalue weighted by Crippen LogP contribution is 2.37. The molecule has 0 unspecified atom stereocenters. The topological polar surface area (TPSA) is 28.4 Å². The lowest BCUT2D eigenvalue weighted by Crippen LogP contribution is -2.44. The molecule has 2 aliphatic carbocycles. The molecule has 3 heteroatoms. The van der Waals surface area contributed by atoms with Gasteiger partial charge in [0.1, 0.15) is 0 Å². The zero-order valence-electron chi connectivity index (χ0n) is 12.7. The molecule has 1 N–H and O–H groups in total. The molecule has 1 aromatic rings. The summed E-state index contributed by atoms with van der Waals surface area (Å²) in [5.74, 6) is 0. The maximum absolute atomic E-state index is 5.18. The van der Waals surface area contributed by atoms with E-state index in [9.17, 15) is 0 Å². The van der Waals surface area contributed by atoms with Gasteiger partial charge >= 0.3 is 0 Å². The molecule has 2 fully saturated rings. The Hall–Kier alpha value is -0.800. The molecule has 0 aliphatic heterocycles. The molecule has 20 heavy (non-hydrogen) atoms. The van der Waals surface area contributed by atoms with E-state index in [2.05, 4.69) is 23.3 Å². The Morgan fingerprint density at radius 3 is 2.75 bits per heavy atom. The van der Waals surface area contributed by atoms with Crippen LogP contribution in [0.1, 0.15) is 50.5 Å². The predicted octanol–water partition coefficient (Wildman–Crippen LogP) is 3.41. The summed E-state index contributed by atoms with van der Waals surface area (Å²) in [6.45, 7) is 3.42. The third kappa shape index (κ3) is 3.86. The molecule has 0 bridgehead atoms. The van der Waals surface area contributed by atoms with Crippen LogP contribution < -0.4 is 5.32 Å². The molecule has 2 saturated carbocycles. The normalized spacial score (nSPS) is 22.3. The largest absolute Gasteiger partial charge is 0.472 e. The SMILES string of the molecule is CN(Cc1ccoc1)CC1(CNC2CC2)CCCCC1. The molecule has 3 rings (SSSR count). The minimum atomic E-state index is 0.499. The first-order valence-electron chi connectivity index (χ1n) is 8.19. The van der Waals surface area contributed by atoms with Crippen LogP contribution in [0.3, 0.4) is 0 Å². The van der Waals surface area contributed by atoms with Crippen LogP contribution in [0.5, 0.6) is 0 Å². The van der Waals surface area contributed by atoms with Crippen molar-refractivity contribution in [3.63, 3.8) is 0 Å². The van der Waals surface area contributed by atoms with Crippen molar-refractivity contribution in [2.75, 3.05) is 20.1 Å². The fraction of sp³-hybridized carbons (Fsp3) is 0.765. The van der Waals surface area contributed by atoms with Gasteiger partial charge in [0.05, 0.1) is 12.5 Å². The summed E-state index contributed by atoms with van der Waals surface area (Å²) in [5.41, 5.74) is 1.79. The number of nitrogens with zero attached hydrogens (tertiary/aromatic N) is 1. The van der Waals surface area contributed by atoms with Crippen LogP contribution in [0.4, 0.5) is 0 Å². The molecule has 0 spiro atoms. The average molecular weight is 276 g/mol. The molecule has 3 nitrogen and oxygen atoms in total. The Bertz CT molecular complexity index is 391. The van der Waals surface area contributed by atoms with Crippen molar-refractivity contribution in [3.05, 3.63) is 24.2 Å². The van der Waals surface area contributed by atoms with Crippen LogP contribution in [0, 0.1) is 5.41 Å².